The maximum absolute atomic E-state index is 10.4. The first-order valence-electron chi connectivity index (χ1n) is 7.31. The van der Waals surface area contributed by atoms with Crippen molar-refractivity contribution in [3.05, 3.63) is 0 Å². The summed E-state index contributed by atoms with van der Waals surface area (Å²) in [5.74, 6) is 1.42. The molecule has 0 aromatic heterocycles. The van der Waals surface area contributed by atoms with Gasteiger partial charge in [-0.1, -0.05) is 6.92 Å². The van der Waals surface area contributed by atoms with Gasteiger partial charge >= 0.3 is 0 Å². The summed E-state index contributed by atoms with van der Waals surface area (Å²) in [7, 11) is 0. The second-order valence-electron chi connectivity index (χ2n) is 7.60. The van der Waals surface area contributed by atoms with Crippen LogP contribution in [0.2, 0.25) is 0 Å². The molecule has 2 aliphatic carbocycles. The van der Waals surface area contributed by atoms with Crippen molar-refractivity contribution in [3.8, 4) is 0 Å². The summed E-state index contributed by atoms with van der Waals surface area (Å²) in [5.41, 5.74) is -0.652. The van der Waals surface area contributed by atoms with Crippen molar-refractivity contribution in [3.63, 3.8) is 0 Å². The van der Waals surface area contributed by atoms with E-state index in [0.29, 0.717) is 18.3 Å². The molecule has 3 heteroatoms. The minimum atomic E-state index is -0.370. The van der Waals surface area contributed by atoms with Crippen LogP contribution in [0.5, 0.6) is 0 Å². The van der Waals surface area contributed by atoms with E-state index in [9.17, 15) is 10.2 Å². The van der Waals surface area contributed by atoms with Gasteiger partial charge in [-0.2, -0.15) is 0 Å². The molecule has 0 spiro atoms. The molecule has 4 aliphatic rings. The van der Waals surface area contributed by atoms with Crippen LogP contribution in [-0.2, 0) is 4.74 Å². The van der Waals surface area contributed by atoms with Crippen molar-refractivity contribution >= 4 is 0 Å². The van der Waals surface area contributed by atoms with E-state index in [2.05, 4.69) is 27.7 Å². The standard InChI is InChI=1S/C15H26O3/c1-8-5-11(16)13-9(8)6-10-12(17)7-15(13,4)18-14(10,2)3/h8-13,16-17H,5-7H2,1-4H3/t8-,9-,10+,11-,12+,13+,15+/m1/s1. The van der Waals surface area contributed by atoms with Gasteiger partial charge in [-0.05, 0) is 45.4 Å². The monoisotopic (exact) mass is 254 g/mol. The van der Waals surface area contributed by atoms with Gasteiger partial charge in [0.2, 0.25) is 0 Å². The molecule has 0 aromatic rings. The first kappa shape index (κ1) is 12.9. The third-order valence-corrected chi connectivity index (χ3v) is 5.92. The predicted molar refractivity (Wildman–Crippen MR) is 69.1 cm³/mol. The third kappa shape index (κ3) is 1.60. The topological polar surface area (TPSA) is 49.7 Å². The number of rotatable bonds is 0. The zero-order valence-corrected chi connectivity index (χ0v) is 11.9. The lowest BCUT2D eigenvalue weighted by Crippen LogP contribution is -2.56. The molecule has 0 amide bonds. The Morgan fingerprint density at radius 3 is 2.33 bits per heavy atom. The smallest absolute Gasteiger partial charge is 0.0742 e. The molecule has 0 radical (unpaired) electrons. The minimum absolute atomic E-state index is 0.189. The lowest BCUT2D eigenvalue weighted by Gasteiger charge is -2.50. The van der Waals surface area contributed by atoms with Gasteiger partial charge in [-0.15, -0.1) is 0 Å². The van der Waals surface area contributed by atoms with E-state index in [4.69, 9.17) is 4.74 Å². The molecule has 2 saturated heterocycles. The second-order valence-corrected chi connectivity index (χ2v) is 7.60. The zero-order chi connectivity index (χ0) is 13.3. The number of aliphatic hydroxyl groups excluding tert-OH is 2. The number of hydrogen-bond donors (Lipinski definition) is 2. The fourth-order valence-corrected chi connectivity index (χ4v) is 5.26. The van der Waals surface area contributed by atoms with Crippen molar-refractivity contribution in [1.82, 2.24) is 0 Å². The Balaban J connectivity index is 2.05. The van der Waals surface area contributed by atoms with Crippen LogP contribution < -0.4 is 0 Å². The van der Waals surface area contributed by atoms with Crippen molar-refractivity contribution in [2.45, 2.75) is 70.4 Å². The van der Waals surface area contributed by atoms with Crippen molar-refractivity contribution in [2.75, 3.05) is 0 Å². The van der Waals surface area contributed by atoms with Gasteiger partial charge in [0, 0.05) is 18.3 Å². The fraction of sp³-hybridized carbons (Fsp3) is 1.00. The SMILES string of the molecule is C[C@@H]1C[C@@H](O)[C@@H]2[C@@H]1C[C@H]1[C@@H](O)C[C@]2(C)OC1(C)C. The van der Waals surface area contributed by atoms with Gasteiger partial charge in [-0.25, -0.2) is 0 Å². The van der Waals surface area contributed by atoms with Crippen LogP contribution in [0.25, 0.3) is 0 Å². The molecular formula is C15H26O3. The highest BCUT2D eigenvalue weighted by Crippen LogP contribution is 2.58. The molecule has 0 unspecified atom stereocenters. The summed E-state index contributed by atoms with van der Waals surface area (Å²) in [6.45, 7) is 8.52. The molecule has 2 aliphatic heterocycles. The Bertz CT molecular complexity index is 354. The van der Waals surface area contributed by atoms with Crippen LogP contribution in [0.4, 0.5) is 0 Å². The van der Waals surface area contributed by atoms with Crippen LogP contribution in [-0.4, -0.2) is 33.6 Å². The number of hydrogen-bond acceptors (Lipinski definition) is 3. The molecule has 2 N–H and O–H groups in total. The number of fused-ring (bicyclic) bond motifs is 2. The normalized spacial score (nSPS) is 58.3. The molecule has 7 atom stereocenters. The number of aliphatic hydroxyl groups is 2. The summed E-state index contributed by atoms with van der Waals surface area (Å²) >= 11 is 0. The number of ether oxygens (including phenoxy) is 1. The zero-order valence-electron chi connectivity index (χ0n) is 11.9. The Labute approximate surface area is 110 Å². The molecule has 0 aromatic carbocycles. The van der Waals surface area contributed by atoms with E-state index < -0.39 is 0 Å². The minimum Gasteiger partial charge on any atom is -0.393 e. The van der Waals surface area contributed by atoms with Gasteiger partial charge < -0.3 is 14.9 Å². The van der Waals surface area contributed by atoms with Crippen LogP contribution in [0, 0.1) is 23.7 Å². The van der Waals surface area contributed by atoms with Gasteiger partial charge in [-0.3, -0.25) is 0 Å². The van der Waals surface area contributed by atoms with Crippen LogP contribution >= 0.6 is 0 Å². The molecule has 18 heavy (non-hydrogen) atoms. The summed E-state index contributed by atoms with van der Waals surface area (Å²) < 4.78 is 6.37. The molecule has 2 heterocycles. The third-order valence-electron chi connectivity index (χ3n) is 5.92. The molecule has 2 bridgehead atoms. The van der Waals surface area contributed by atoms with Gasteiger partial charge in [0.1, 0.15) is 0 Å². The van der Waals surface area contributed by atoms with E-state index in [1.54, 1.807) is 0 Å². The van der Waals surface area contributed by atoms with E-state index in [0.717, 1.165) is 12.8 Å². The average Bonchev–Trinajstić information content (AvgIpc) is 2.35. The quantitative estimate of drug-likeness (QED) is 0.695. The molecule has 2 saturated carbocycles. The lowest BCUT2D eigenvalue weighted by molar-refractivity contribution is -0.238. The van der Waals surface area contributed by atoms with Crippen LogP contribution in [0.3, 0.4) is 0 Å². The fourth-order valence-electron chi connectivity index (χ4n) is 5.26. The van der Waals surface area contributed by atoms with Gasteiger partial charge in [0.15, 0.2) is 0 Å². The molecule has 3 nitrogen and oxygen atoms in total. The van der Waals surface area contributed by atoms with E-state index >= 15 is 0 Å². The Morgan fingerprint density at radius 1 is 1.06 bits per heavy atom. The second kappa shape index (κ2) is 3.71. The molecule has 4 fully saturated rings. The molecule has 4 rings (SSSR count). The maximum Gasteiger partial charge on any atom is 0.0742 e. The van der Waals surface area contributed by atoms with Crippen molar-refractivity contribution < 1.29 is 14.9 Å². The Kier molecular flexibility index (Phi) is 2.66. The van der Waals surface area contributed by atoms with E-state index in [1.807, 2.05) is 0 Å². The van der Waals surface area contributed by atoms with E-state index in [1.165, 1.54) is 0 Å². The Morgan fingerprint density at radius 2 is 1.72 bits per heavy atom. The largest absolute Gasteiger partial charge is 0.393 e. The van der Waals surface area contributed by atoms with Crippen molar-refractivity contribution in [1.29, 1.82) is 0 Å². The van der Waals surface area contributed by atoms with Crippen LogP contribution in [0.15, 0.2) is 0 Å². The highest BCUT2D eigenvalue weighted by molar-refractivity contribution is 5.10. The highest BCUT2D eigenvalue weighted by Gasteiger charge is 2.61. The van der Waals surface area contributed by atoms with Gasteiger partial charge in [0.05, 0.1) is 23.4 Å². The first-order valence-corrected chi connectivity index (χ1v) is 7.31. The maximum atomic E-state index is 10.4. The average molecular weight is 254 g/mol. The highest BCUT2D eigenvalue weighted by atomic mass is 16.5. The van der Waals surface area contributed by atoms with E-state index in [-0.39, 0.29) is 35.2 Å². The summed E-state index contributed by atoms with van der Waals surface area (Å²) in [6.07, 6.45) is 1.99. The molecule has 104 valence electrons. The summed E-state index contributed by atoms with van der Waals surface area (Å²) in [6, 6.07) is 0. The predicted octanol–water partition coefficient (Wildman–Crippen LogP) is 1.96. The summed E-state index contributed by atoms with van der Waals surface area (Å²) in [5, 5.41) is 20.8. The molecular weight excluding hydrogens is 228 g/mol. The first-order chi connectivity index (χ1) is 8.24. The van der Waals surface area contributed by atoms with Crippen molar-refractivity contribution in [2.24, 2.45) is 23.7 Å². The van der Waals surface area contributed by atoms with Crippen LogP contribution in [0.1, 0.15) is 47.0 Å². The van der Waals surface area contributed by atoms with Gasteiger partial charge in [0.25, 0.3) is 0 Å². The Hall–Kier alpha value is -0.120. The lowest BCUT2D eigenvalue weighted by atomic mass is 9.76. The summed E-state index contributed by atoms with van der Waals surface area (Å²) in [4.78, 5) is 0.